The summed E-state index contributed by atoms with van der Waals surface area (Å²) in [5, 5.41) is 12.0. The number of nitrogens with zero attached hydrogens (tertiary/aromatic N) is 5. The van der Waals surface area contributed by atoms with Gasteiger partial charge in [0.05, 0.1) is 16.2 Å². The molecule has 0 spiro atoms. The highest BCUT2D eigenvalue weighted by Crippen LogP contribution is 2.41. The van der Waals surface area contributed by atoms with E-state index in [9.17, 15) is 13.2 Å². The summed E-state index contributed by atoms with van der Waals surface area (Å²) in [6.07, 6.45) is -1.73. The highest BCUT2D eigenvalue weighted by atomic mass is 35.5. The molecule has 28 heavy (non-hydrogen) atoms. The molecular weight excluding hydrogens is 416 g/mol. The summed E-state index contributed by atoms with van der Waals surface area (Å²) in [5.41, 5.74) is 1.86. The lowest BCUT2D eigenvalue weighted by Gasteiger charge is -2.30. The van der Waals surface area contributed by atoms with Crippen LogP contribution in [0.5, 0.6) is 0 Å². The molecular formula is C17H13Cl2F3N6. The van der Waals surface area contributed by atoms with Gasteiger partial charge in [0.25, 0.3) is 0 Å². The van der Waals surface area contributed by atoms with Crippen molar-refractivity contribution in [3.63, 3.8) is 0 Å². The zero-order chi connectivity index (χ0) is 20.1. The van der Waals surface area contributed by atoms with Crippen molar-refractivity contribution in [3.05, 3.63) is 63.9 Å². The third-order valence-corrected chi connectivity index (χ3v) is 5.09. The van der Waals surface area contributed by atoms with Gasteiger partial charge in [0.1, 0.15) is 24.7 Å². The standard InChI is InChI=1S/C17H13Cl2F3N6/c1-9-14(16-23-8-25-27(16)7-17(20,21)22)15(28-13(26-9)4-5-24-28)10-2-3-11(18)12(19)6-10/h2-6,8,15,26H,7H2,1H3/t15-/m1/s1. The van der Waals surface area contributed by atoms with Crippen LogP contribution in [-0.4, -0.2) is 30.7 Å². The fraction of sp³-hybridized carbons (Fsp3) is 0.235. The van der Waals surface area contributed by atoms with Gasteiger partial charge in [-0.25, -0.2) is 14.3 Å². The van der Waals surface area contributed by atoms with Gasteiger partial charge in [0.15, 0.2) is 5.82 Å². The first-order chi connectivity index (χ1) is 13.2. The minimum atomic E-state index is -4.44. The molecule has 0 aliphatic carbocycles. The SMILES string of the molecule is CC1=C(c2ncnn2CC(F)(F)F)[C@@H](c2ccc(Cl)c(Cl)c2)n2nccc2N1. The molecule has 4 rings (SSSR count). The molecule has 1 N–H and O–H groups in total. The quantitative estimate of drug-likeness (QED) is 0.651. The van der Waals surface area contributed by atoms with Crippen molar-refractivity contribution < 1.29 is 13.2 Å². The Balaban J connectivity index is 1.89. The van der Waals surface area contributed by atoms with Crippen molar-refractivity contribution in [1.82, 2.24) is 24.5 Å². The number of rotatable bonds is 3. The highest BCUT2D eigenvalue weighted by Gasteiger charge is 2.35. The molecule has 3 heterocycles. The van der Waals surface area contributed by atoms with E-state index >= 15 is 0 Å². The van der Waals surface area contributed by atoms with Gasteiger partial charge in [-0.2, -0.15) is 23.4 Å². The van der Waals surface area contributed by atoms with Crippen molar-refractivity contribution in [1.29, 1.82) is 0 Å². The molecule has 0 unspecified atom stereocenters. The molecule has 2 aromatic heterocycles. The third kappa shape index (κ3) is 3.35. The minimum absolute atomic E-state index is 0.0968. The molecule has 1 aliphatic heterocycles. The van der Waals surface area contributed by atoms with E-state index in [1.807, 2.05) is 0 Å². The summed E-state index contributed by atoms with van der Waals surface area (Å²) in [7, 11) is 0. The average molecular weight is 429 g/mol. The minimum Gasteiger partial charge on any atom is -0.344 e. The van der Waals surface area contributed by atoms with E-state index in [2.05, 4.69) is 20.5 Å². The van der Waals surface area contributed by atoms with E-state index < -0.39 is 18.8 Å². The number of halogens is 5. The van der Waals surface area contributed by atoms with Crippen molar-refractivity contribution in [2.24, 2.45) is 0 Å². The summed E-state index contributed by atoms with van der Waals surface area (Å²) in [5.74, 6) is 0.791. The van der Waals surface area contributed by atoms with Gasteiger partial charge >= 0.3 is 6.18 Å². The van der Waals surface area contributed by atoms with E-state index in [1.54, 1.807) is 42.1 Å². The van der Waals surface area contributed by atoms with Crippen molar-refractivity contribution in [3.8, 4) is 0 Å². The molecule has 1 atom stereocenters. The van der Waals surface area contributed by atoms with E-state index in [1.165, 1.54) is 0 Å². The normalized spacial score (nSPS) is 16.9. The monoisotopic (exact) mass is 428 g/mol. The van der Waals surface area contributed by atoms with Gasteiger partial charge in [-0.05, 0) is 24.6 Å². The van der Waals surface area contributed by atoms with Crippen LogP contribution in [0.3, 0.4) is 0 Å². The van der Waals surface area contributed by atoms with Gasteiger partial charge in [0.2, 0.25) is 0 Å². The number of anilines is 1. The molecule has 0 saturated carbocycles. The first kappa shape index (κ1) is 18.8. The summed E-state index contributed by atoms with van der Waals surface area (Å²) < 4.78 is 41.5. The molecule has 6 nitrogen and oxygen atoms in total. The number of benzene rings is 1. The molecule has 11 heteroatoms. The van der Waals surface area contributed by atoms with Crippen LogP contribution in [0.15, 0.2) is 42.5 Å². The molecule has 1 aromatic carbocycles. The van der Waals surface area contributed by atoms with E-state index in [-0.39, 0.29) is 5.82 Å². The van der Waals surface area contributed by atoms with E-state index in [4.69, 9.17) is 23.2 Å². The molecule has 0 saturated heterocycles. The number of aromatic nitrogens is 5. The van der Waals surface area contributed by atoms with Crippen LogP contribution in [0.4, 0.5) is 19.0 Å². The summed E-state index contributed by atoms with van der Waals surface area (Å²) in [6, 6.07) is 6.27. The maximum Gasteiger partial charge on any atom is 0.408 e. The van der Waals surface area contributed by atoms with Crippen LogP contribution in [0.25, 0.3) is 5.57 Å². The Labute approximate surface area is 167 Å². The molecule has 0 amide bonds. The van der Waals surface area contributed by atoms with Crippen LogP contribution in [0, 0.1) is 0 Å². The highest BCUT2D eigenvalue weighted by molar-refractivity contribution is 6.42. The summed E-state index contributed by atoms with van der Waals surface area (Å²) in [4.78, 5) is 4.10. The number of allylic oxidation sites excluding steroid dienone is 2. The number of nitrogens with one attached hydrogen (secondary N) is 1. The van der Waals surface area contributed by atoms with Gasteiger partial charge in [0, 0.05) is 17.3 Å². The Hall–Kier alpha value is -2.52. The van der Waals surface area contributed by atoms with Crippen molar-refractivity contribution in [2.45, 2.75) is 25.7 Å². The van der Waals surface area contributed by atoms with Gasteiger partial charge in [-0.1, -0.05) is 29.3 Å². The molecule has 0 radical (unpaired) electrons. The van der Waals surface area contributed by atoms with Crippen LogP contribution < -0.4 is 5.32 Å². The molecule has 3 aromatic rings. The Morgan fingerprint density at radius 3 is 2.64 bits per heavy atom. The largest absolute Gasteiger partial charge is 0.408 e. The Morgan fingerprint density at radius 1 is 1.14 bits per heavy atom. The van der Waals surface area contributed by atoms with Crippen LogP contribution in [0.2, 0.25) is 10.0 Å². The fourth-order valence-electron chi connectivity index (χ4n) is 3.24. The second-order valence-corrected chi connectivity index (χ2v) is 7.07. The van der Waals surface area contributed by atoms with Crippen molar-refractivity contribution in [2.75, 3.05) is 5.32 Å². The molecule has 1 aliphatic rings. The Morgan fingerprint density at radius 2 is 1.93 bits per heavy atom. The lowest BCUT2D eigenvalue weighted by atomic mass is 9.95. The lowest BCUT2D eigenvalue weighted by Crippen LogP contribution is -2.27. The van der Waals surface area contributed by atoms with Crippen LogP contribution >= 0.6 is 23.2 Å². The fourth-order valence-corrected chi connectivity index (χ4v) is 3.55. The maximum atomic E-state index is 13.0. The van der Waals surface area contributed by atoms with Crippen LogP contribution in [0.1, 0.15) is 24.4 Å². The lowest BCUT2D eigenvalue weighted by molar-refractivity contribution is -0.142. The number of hydrogen-bond acceptors (Lipinski definition) is 4. The molecule has 0 bridgehead atoms. The zero-order valence-corrected chi connectivity index (χ0v) is 15.9. The molecule has 146 valence electrons. The third-order valence-electron chi connectivity index (χ3n) is 4.35. The predicted molar refractivity (Wildman–Crippen MR) is 99.1 cm³/mol. The molecule has 0 fully saturated rings. The summed E-state index contributed by atoms with van der Waals surface area (Å²) in [6.45, 7) is 0.516. The average Bonchev–Trinajstić information content (AvgIpc) is 3.23. The predicted octanol–water partition coefficient (Wildman–Crippen LogP) is 4.79. The summed E-state index contributed by atoms with van der Waals surface area (Å²) >= 11 is 12.2. The zero-order valence-electron chi connectivity index (χ0n) is 14.4. The topological polar surface area (TPSA) is 60.6 Å². The first-order valence-electron chi connectivity index (χ1n) is 8.16. The Bertz CT molecular complexity index is 1070. The second-order valence-electron chi connectivity index (χ2n) is 6.26. The number of fused-ring (bicyclic) bond motifs is 1. The smallest absolute Gasteiger partial charge is 0.344 e. The van der Waals surface area contributed by atoms with Gasteiger partial charge in [-0.15, -0.1) is 0 Å². The van der Waals surface area contributed by atoms with Crippen LogP contribution in [-0.2, 0) is 6.54 Å². The second kappa shape index (κ2) is 6.82. The maximum absolute atomic E-state index is 13.0. The Kier molecular flexibility index (Phi) is 4.59. The van der Waals surface area contributed by atoms with E-state index in [0.717, 1.165) is 11.0 Å². The van der Waals surface area contributed by atoms with Gasteiger partial charge < -0.3 is 5.32 Å². The number of hydrogen-bond donors (Lipinski definition) is 1. The van der Waals surface area contributed by atoms with E-state index in [0.29, 0.717) is 32.7 Å². The van der Waals surface area contributed by atoms with Gasteiger partial charge in [-0.3, -0.25) is 0 Å². The number of alkyl halides is 3. The van der Waals surface area contributed by atoms with Crippen molar-refractivity contribution >= 4 is 34.6 Å². The first-order valence-corrected chi connectivity index (χ1v) is 8.91.